The quantitative estimate of drug-likeness (QED) is 0.585. The number of rotatable bonds is 1. The zero-order valence-corrected chi connectivity index (χ0v) is 7.91. The first-order valence-electron chi connectivity index (χ1n) is 3.65. The van der Waals surface area contributed by atoms with Crippen LogP contribution < -0.4 is 0 Å². The molecule has 0 saturated heterocycles. The van der Waals surface area contributed by atoms with Gasteiger partial charge < -0.3 is 0 Å². The molecule has 0 radical (unpaired) electrons. The fourth-order valence-electron chi connectivity index (χ4n) is 0.967. The van der Waals surface area contributed by atoms with Crippen molar-refractivity contribution >= 4 is 23.2 Å². The second-order valence-electron chi connectivity index (χ2n) is 2.41. The topological polar surface area (TPSA) is 0 Å². The second-order valence-corrected chi connectivity index (χ2v) is 3.30. The fraction of sp³-hybridized carbons (Fsp3) is 0.333. The Morgan fingerprint density at radius 3 is 2.73 bits per heavy atom. The van der Waals surface area contributed by atoms with Gasteiger partial charge in [0.05, 0.1) is 0 Å². The predicted octanol–water partition coefficient (Wildman–Crippen LogP) is 3.97. The molecule has 60 valence electrons. The molecule has 0 aromatic rings. The van der Waals surface area contributed by atoms with Crippen LogP contribution in [0, 0.1) is 0 Å². The van der Waals surface area contributed by atoms with Crippen LogP contribution in [0.2, 0.25) is 0 Å². The Bertz CT molecular complexity index is 234. The van der Waals surface area contributed by atoms with Gasteiger partial charge in [-0.15, -0.1) is 0 Å². The summed E-state index contributed by atoms with van der Waals surface area (Å²) in [6, 6.07) is 0. The summed E-state index contributed by atoms with van der Waals surface area (Å²) in [5.41, 5.74) is 1.18. The van der Waals surface area contributed by atoms with E-state index >= 15 is 0 Å². The first kappa shape index (κ1) is 8.89. The van der Waals surface area contributed by atoms with Gasteiger partial charge in [-0.25, -0.2) is 0 Å². The molecule has 0 N–H and O–H groups in total. The Kier molecular flexibility index (Phi) is 3.22. The zero-order chi connectivity index (χ0) is 8.27. The van der Waals surface area contributed by atoms with Gasteiger partial charge >= 0.3 is 0 Å². The highest BCUT2D eigenvalue weighted by Crippen LogP contribution is 2.23. The van der Waals surface area contributed by atoms with E-state index in [-0.39, 0.29) is 0 Å². The van der Waals surface area contributed by atoms with Crippen molar-refractivity contribution in [3.05, 3.63) is 33.9 Å². The highest BCUT2D eigenvalue weighted by Gasteiger charge is 2.01. The van der Waals surface area contributed by atoms with Crippen molar-refractivity contribution in [3.8, 4) is 0 Å². The number of hydrogen-bond donors (Lipinski definition) is 0. The van der Waals surface area contributed by atoms with Gasteiger partial charge in [0.1, 0.15) is 0 Å². The lowest BCUT2D eigenvalue weighted by Crippen LogP contribution is -1.77. The van der Waals surface area contributed by atoms with Gasteiger partial charge in [0, 0.05) is 16.5 Å². The molecule has 0 spiro atoms. The first-order valence-corrected chi connectivity index (χ1v) is 4.41. The van der Waals surface area contributed by atoms with Gasteiger partial charge in [-0.3, -0.25) is 0 Å². The Morgan fingerprint density at radius 1 is 1.36 bits per heavy atom. The minimum Gasteiger partial charge on any atom is -0.0885 e. The fourth-order valence-corrected chi connectivity index (χ4v) is 1.38. The molecule has 0 aromatic heterocycles. The maximum atomic E-state index is 5.98. The van der Waals surface area contributed by atoms with E-state index in [1.807, 2.05) is 18.2 Å². The van der Waals surface area contributed by atoms with Crippen molar-refractivity contribution in [3.63, 3.8) is 0 Å². The molecule has 11 heavy (non-hydrogen) atoms. The maximum absolute atomic E-state index is 5.98. The highest BCUT2D eigenvalue weighted by molar-refractivity contribution is 6.32. The van der Waals surface area contributed by atoms with Crippen LogP contribution in [-0.4, -0.2) is 0 Å². The molecule has 0 heterocycles. The molecule has 0 fully saturated rings. The predicted molar refractivity (Wildman–Crippen MR) is 50.9 cm³/mol. The molecule has 1 rings (SSSR count). The molecule has 0 aromatic carbocycles. The monoisotopic (exact) mass is 188 g/mol. The van der Waals surface area contributed by atoms with Crippen LogP contribution in [-0.2, 0) is 0 Å². The van der Waals surface area contributed by atoms with E-state index in [1.165, 1.54) is 5.57 Å². The Balaban J connectivity index is 2.87. The summed E-state index contributed by atoms with van der Waals surface area (Å²) in [6.07, 6.45) is 7.51. The van der Waals surface area contributed by atoms with Crippen LogP contribution in [0.4, 0.5) is 0 Å². The summed E-state index contributed by atoms with van der Waals surface area (Å²) in [5, 5.41) is 1.67. The molecule has 2 heteroatoms. The normalized spacial score (nSPS) is 18.3. The van der Waals surface area contributed by atoms with Crippen molar-refractivity contribution in [2.45, 2.75) is 19.8 Å². The van der Waals surface area contributed by atoms with E-state index in [0.29, 0.717) is 0 Å². The molecule has 0 nitrogen and oxygen atoms in total. The lowest BCUT2D eigenvalue weighted by Gasteiger charge is -1.97. The largest absolute Gasteiger partial charge is 0.0885 e. The van der Waals surface area contributed by atoms with Crippen molar-refractivity contribution in [2.24, 2.45) is 0 Å². The smallest absolute Gasteiger partial charge is 0.0369 e. The lowest BCUT2D eigenvalue weighted by atomic mass is 10.2. The van der Waals surface area contributed by atoms with E-state index < -0.39 is 0 Å². The number of halogens is 2. The van der Waals surface area contributed by atoms with Crippen LogP contribution in [0.5, 0.6) is 0 Å². The molecule has 0 bridgehead atoms. The van der Waals surface area contributed by atoms with Crippen LogP contribution >= 0.6 is 23.2 Å². The average Bonchev–Trinajstić information content (AvgIpc) is 2.15. The van der Waals surface area contributed by atoms with Crippen LogP contribution in [0.3, 0.4) is 0 Å². The average molecular weight is 189 g/mol. The van der Waals surface area contributed by atoms with Gasteiger partial charge in [0.15, 0.2) is 0 Å². The van der Waals surface area contributed by atoms with Crippen molar-refractivity contribution in [2.75, 3.05) is 0 Å². The van der Waals surface area contributed by atoms with E-state index in [0.717, 1.165) is 22.9 Å². The molecule has 1 aliphatic carbocycles. The SMILES string of the molecule is CCC1=C(Cl)CC=C(Cl)C=C1. The van der Waals surface area contributed by atoms with E-state index in [1.54, 1.807) is 0 Å². The van der Waals surface area contributed by atoms with E-state index in [4.69, 9.17) is 23.2 Å². The zero-order valence-electron chi connectivity index (χ0n) is 6.40. The molecule has 0 atom stereocenters. The van der Waals surface area contributed by atoms with Gasteiger partial charge in [0.2, 0.25) is 0 Å². The van der Waals surface area contributed by atoms with Gasteiger partial charge in [-0.2, -0.15) is 0 Å². The molecule has 0 amide bonds. The maximum Gasteiger partial charge on any atom is 0.0369 e. The highest BCUT2D eigenvalue weighted by atomic mass is 35.5. The Morgan fingerprint density at radius 2 is 2.09 bits per heavy atom. The van der Waals surface area contributed by atoms with E-state index in [9.17, 15) is 0 Å². The number of allylic oxidation sites excluding steroid dienone is 6. The lowest BCUT2D eigenvalue weighted by molar-refractivity contribution is 1.12. The summed E-state index contributed by atoms with van der Waals surface area (Å²) in [4.78, 5) is 0. The molecular weight excluding hydrogens is 179 g/mol. The molecule has 0 unspecified atom stereocenters. The molecule has 1 aliphatic rings. The summed E-state index contributed by atoms with van der Waals surface area (Å²) in [7, 11) is 0. The molecular formula is C9H10Cl2. The van der Waals surface area contributed by atoms with Crippen molar-refractivity contribution in [1.82, 2.24) is 0 Å². The second kappa shape index (κ2) is 3.99. The summed E-state index contributed by atoms with van der Waals surface area (Å²) in [5.74, 6) is 0. The third-order valence-corrected chi connectivity index (χ3v) is 2.33. The first-order chi connectivity index (χ1) is 5.24. The third kappa shape index (κ3) is 2.39. The van der Waals surface area contributed by atoms with Gasteiger partial charge in [-0.1, -0.05) is 42.3 Å². The Hall–Kier alpha value is -0.200. The van der Waals surface area contributed by atoms with Gasteiger partial charge in [-0.05, 0) is 18.1 Å². The van der Waals surface area contributed by atoms with Crippen LogP contribution in [0.15, 0.2) is 33.9 Å². The van der Waals surface area contributed by atoms with Crippen molar-refractivity contribution in [1.29, 1.82) is 0 Å². The summed E-state index contributed by atoms with van der Waals surface area (Å²) < 4.78 is 0. The Labute approximate surface area is 77.2 Å². The minimum absolute atomic E-state index is 0.760. The van der Waals surface area contributed by atoms with Crippen LogP contribution in [0.1, 0.15) is 19.8 Å². The third-order valence-electron chi connectivity index (χ3n) is 1.65. The standard InChI is InChI=1S/C9H10Cl2/c1-2-7-3-4-8(10)5-6-9(7)11/h3-5H,2,6H2,1H3. The summed E-state index contributed by atoms with van der Waals surface area (Å²) >= 11 is 11.8. The molecule has 0 aliphatic heterocycles. The van der Waals surface area contributed by atoms with Crippen molar-refractivity contribution < 1.29 is 0 Å². The van der Waals surface area contributed by atoms with E-state index in [2.05, 4.69) is 6.92 Å². The van der Waals surface area contributed by atoms with Gasteiger partial charge in [0.25, 0.3) is 0 Å². The molecule has 0 saturated carbocycles. The van der Waals surface area contributed by atoms with Crippen LogP contribution in [0.25, 0.3) is 0 Å². The summed E-state index contributed by atoms with van der Waals surface area (Å²) in [6.45, 7) is 2.08. The minimum atomic E-state index is 0.760. The number of hydrogen-bond acceptors (Lipinski definition) is 0.